The highest BCUT2D eigenvalue weighted by Gasteiger charge is 2.57. The van der Waals surface area contributed by atoms with Crippen LogP contribution in [0.15, 0.2) is 57.5 Å². The molecule has 0 aliphatic carbocycles. The molecule has 0 amide bonds. The van der Waals surface area contributed by atoms with Crippen LogP contribution in [0.4, 0.5) is 0 Å². The summed E-state index contributed by atoms with van der Waals surface area (Å²) in [4.78, 5) is 26.3. The molecule has 1 fully saturated rings. The number of rotatable bonds is 3. The third-order valence-corrected chi connectivity index (χ3v) is 6.12. The molecule has 0 radical (unpaired) electrons. The second kappa shape index (κ2) is 6.93. The molecule has 1 saturated heterocycles. The Balaban J connectivity index is 1.94. The number of hydrogen-bond donors (Lipinski definition) is 0. The fourth-order valence-electron chi connectivity index (χ4n) is 3.59. The van der Waals surface area contributed by atoms with Gasteiger partial charge in [-0.3, -0.25) is 9.59 Å². The van der Waals surface area contributed by atoms with Crippen molar-refractivity contribution in [1.82, 2.24) is 0 Å². The maximum atomic E-state index is 13.4. The Hall–Kier alpha value is -1.46. The van der Waals surface area contributed by atoms with E-state index in [9.17, 15) is 9.59 Å². The number of cyclic esters (lactones) is 1. The predicted molar refractivity (Wildman–Crippen MR) is 108 cm³/mol. The van der Waals surface area contributed by atoms with Crippen LogP contribution in [0.5, 0.6) is 0 Å². The molecule has 5 heteroatoms. The summed E-state index contributed by atoms with van der Waals surface area (Å²) in [5.74, 6) is -0.547. The smallest absolute Gasteiger partial charge is 0.320 e. The lowest BCUT2D eigenvalue weighted by Crippen LogP contribution is -2.54. The summed E-state index contributed by atoms with van der Waals surface area (Å²) in [6.07, 6.45) is -0.261. The van der Waals surface area contributed by atoms with Crippen molar-refractivity contribution in [1.29, 1.82) is 0 Å². The van der Waals surface area contributed by atoms with Crippen LogP contribution in [-0.2, 0) is 20.7 Å². The number of ketones is 1. The number of esters is 1. The highest BCUT2D eigenvalue weighted by atomic mass is 79.9. The molecule has 0 spiro atoms. The quantitative estimate of drug-likeness (QED) is 0.421. The molecule has 0 unspecified atom stereocenters. The summed E-state index contributed by atoms with van der Waals surface area (Å²) in [7, 11) is 0. The van der Waals surface area contributed by atoms with Gasteiger partial charge in [-0.05, 0) is 62.6 Å². The van der Waals surface area contributed by atoms with Crippen LogP contribution >= 0.6 is 31.9 Å². The lowest BCUT2D eigenvalue weighted by atomic mass is 9.64. The van der Waals surface area contributed by atoms with E-state index >= 15 is 0 Å². The van der Waals surface area contributed by atoms with Gasteiger partial charge in [-0.25, -0.2) is 0 Å². The van der Waals surface area contributed by atoms with Crippen LogP contribution in [0, 0.1) is 10.8 Å². The number of halogens is 2. The molecule has 2 aromatic carbocycles. The Morgan fingerprint density at radius 2 is 1.38 bits per heavy atom. The molecule has 3 nitrogen and oxygen atoms in total. The van der Waals surface area contributed by atoms with Gasteiger partial charge in [0.05, 0.1) is 5.41 Å². The minimum absolute atomic E-state index is 0.0860. The lowest BCUT2D eigenvalue weighted by Gasteiger charge is -2.44. The number of hydrogen-bond acceptors (Lipinski definition) is 3. The zero-order valence-corrected chi connectivity index (χ0v) is 18.1. The number of Topliss-reactive ketones (excluding diaryl/α,β-unsaturated/α-hetero) is 1. The first kappa shape index (κ1) is 19.3. The van der Waals surface area contributed by atoms with Crippen molar-refractivity contribution in [2.75, 3.05) is 0 Å². The van der Waals surface area contributed by atoms with Crippen molar-refractivity contribution in [2.24, 2.45) is 10.8 Å². The molecule has 26 heavy (non-hydrogen) atoms. The molecule has 1 aliphatic heterocycles. The first-order chi connectivity index (χ1) is 12.1. The molecule has 1 aliphatic rings. The van der Waals surface area contributed by atoms with Gasteiger partial charge in [-0.1, -0.05) is 56.1 Å². The van der Waals surface area contributed by atoms with Crippen molar-refractivity contribution in [3.8, 4) is 0 Å². The summed E-state index contributed by atoms with van der Waals surface area (Å²) < 4.78 is 7.72. The van der Waals surface area contributed by atoms with Gasteiger partial charge in [0.1, 0.15) is 11.5 Å². The zero-order valence-electron chi connectivity index (χ0n) is 14.9. The van der Waals surface area contributed by atoms with Crippen LogP contribution in [0.1, 0.15) is 38.0 Å². The predicted octanol–water partition coefficient (Wildman–Crippen LogP) is 5.65. The Bertz CT molecular complexity index is 841. The molecule has 0 bridgehead atoms. The largest absolute Gasteiger partial charge is 0.456 e. The molecule has 3 rings (SSSR count). The maximum Gasteiger partial charge on any atom is 0.320 e. The third-order valence-electron chi connectivity index (χ3n) is 5.06. The topological polar surface area (TPSA) is 43.4 Å². The maximum absolute atomic E-state index is 13.4. The van der Waals surface area contributed by atoms with Crippen LogP contribution < -0.4 is 0 Å². The number of carbonyl (C=O) groups excluding carboxylic acids is 2. The molecular formula is C21H20Br2O3. The first-order valence-corrected chi connectivity index (χ1v) is 9.99. The summed E-state index contributed by atoms with van der Waals surface area (Å²) in [5, 5.41) is 0. The van der Waals surface area contributed by atoms with Crippen molar-refractivity contribution in [3.05, 3.63) is 68.6 Å². The van der Waals surface area contributed by atoms with Crippen molar-refractivity contribution in [2.45, 2.75) is 33.3 Å². The highest BCUT2D eigenvalue weighted by molar-refractivity contribution is 9.10. The normalized spacial score (nSPS) is 25.0. The van der Waals surface area contributed by atoms with Crippen molar-refractivity contribution in [3.63, 3.8) is 0 Å². The Morgan fingerprint density at radius 3 is 1.92 bits per heavy atom. The van der Waals surface area contributed by atoms with Crippen LogP contribution in [0.3, 0.4) is 0 Å². The molecule has 0 saturated carbocycles. The summed E-state index contributed by atoms with van der Waals surface area (Å²) in [6.45, 7) is 5.40. The van der Waals surface area contributed by atoms with Gasteiger partial charge in [0, 0.05) is 8.95 Å². The lowest BCUT2D eigenvalue weighted by molar-refractivity contribution is -0.188. The monoisotopic (exact) mass is 478 g/mol. The number of ether oxygens (including phenoxy) is 1. The summed E-state index contributed by atoms with van der Waals surface area (Å²) in [6, 6.07) is 15.2. The molecule has 1 heterocycles. The fourth-order valence-corrected chi connectivity index (χ4v) is 4.12. The van der Waals surface area contributed by atoms with E-state index in [1.165, 1.54) is 0 Å². The Morgan fingerprint density at radius 1 is 0.885 bits per heavy atom. The van der Waals surface area contributed by atoms with Gasteiger partial charge >= 0.3 is 5.97 Å². The molecule has 0 aromatic heterocycles. The Kier molecular flexibility index (Phi) is 5.15. The molecule has 136 valence electrons. The second-order valence-corrected chi connectivity index (χ2v) is 9.35. The van der Waals surface area contributed by atoms with Gasteiger partial charge < -0.3 is 4.74 Å². The van der Waals surface area contributed by atoms with E-state index in [-0.39, 0.29) is 5.78 Å². The van der Waals surface area contributed by atoms with Gasteiger partial charge in [-0.2, -0.15) is 0 Å². The average Bonchev–Trinajstić information content (AvgIpc) is 2.60. The second-order valence-electron chi connectivity index (χ2n) is 7.52. The molecule has 2 aromatic rings. The number of carbonyl (C=O) groups is 2. The van der Waals surface area contributed by atoms with E-state index in [1.54, 1.807) is 6.92 Å². The van der Waals surface area contributed by atoms with Gasteiger partial charge in [0.15, 0.2) is 5.78 Å². The van der Waals surface area contributed by atoms with Crippen LogP contribution in [0.25, 0.3) is 0 Å². The van der Waals surface area contributed by atoms with Crippen molar-refractivity contribution < 1.29 is 14.3 Å². The summed E-state index contributed by atoms with van der Waals surface area (Å²) >= 11 is 6.81. The van der Waals surface area contributed by atoms with E-state index in [0.29, 0.717) is 6.42 Å². The van der Waals surface area contributed by atoms with Crippen molar-refractivity contribution >= 4 is 43.6 Å². The van der Waals surface area contributed by atoms with E-state index in [0.717, 1.165) is 20.1 Å². The summed E-state index contributed by atoms with van der Waals surface area (Å²) in [5.41, 5.74) is -0.251. The standard InChI is InChI=1S/C21H20Br2O3/c1-20(2)17(14-6-10-16(23)11-7-14)26-19(25)21(3,18(20)24)12-13-4-8-15(22)9-5-13/h4-11,17H,12H2,1-3H3/t17-,21+/m1/s1. The highest BCUT2D eigenvalue weighted by Crippen LogP contribution is 2.49. The minimum Gasteiger partial charge on any atom is -0.456 e. The van der Waals surface area contributed by atoms with Gasteiger partial charge in [0.25, 0.3) is 0 Å². The minimum atomic E-state index is -1.19. The fraction of sp³-hybridized carbons (Fsp3) is 0.333. The van der Waals surface area contributed by atoms with E-state index in [2.05, 4.69) is 31.9 Å². The number of benzene rings is 2. The molecule has 2 atom stereocenters. The van der Waals surface area contributed by atoms with E-state index < -0.39 is 22.9 Å². The molecular weight excluding hydrogens is 460 g/mol. The van der Waals surface area contributed by atoms with Gasteiger partial charge in [0.2, 0.25) is 0 Å². The Labute approximate surface area is 170 Å². The van der Waals surface area contributed by atoms with E-state index in [1.807, 2.05) is 62.4 Å². The third kappa shape index (κ3) is 3.39. The SMILES string of the molecule is CC1(C)C(=O)[C@](C)(Cc2ccc(Br)cc2)C(=O)O[C@@H]1c1ccc(Br)cc1. The average molecular weight is 480 g/mol. The molecule has 0 N–H and O–H groups in total. The van der Waals surface area contributed by atoms with Crippen LogP contribution in [0.2, 0.25) is 0 Å². The zero-order chi connectivity index (χ0) is 19.1. The van der Waals surface area contributed by atoms with E-state index in [4.69, 9.17) is 4.74 Å². The van der Waals surface area contributed by atoms with Crippen LogP contribution in [-0.4, -0.2) is 11.8 Å². The van der Waals surface area contributed by atoms with Gasteiger partial charge in [-0.15, -0.1) is 0 Å². The first-order valence-electron chi connectivity index (χ1n) is 8.40.